The van der Waals surface area contributed by atoms with Gasteiger partial charge in [0.1, 0.15) is 5.84 Å². The highest BCUT2D eigenvalue weighted by molar-refractivity contribution is 6.02. The van der Waals surface area contributed by atoms with Crippen LogP contribution in [0.5, 0.6) is 0 Å². The first-order valence-corrected chi connectivity index (χ1v) is 10.0. The summed E-state index contributed by atoms with van der Waals surface area (Å²) in [7, 11) is 1.60. The molecule has 2 N–H and O–H groups in total. The van der Waals surface area contributed by atoms with Crippen LogP contribution >= 0.6 is 0 Å². The zero-order valence-electron chi connectivity index (χ0n) is 17.8. The predicted molar refractivity (Wildman–Crippen MR) is 120 cm³/mol. The number of benzene rings is 2. The number of hydrogen-bond acceptors (Lipinski definition) is 4. The molecule has 0 aromatic heterocycles. The number of nitrogens with zero attached hydrogens (tertiary/aromatic N) is 1. The maximum atomic E-state index is 12.6. The fourth-order valence-electron chi connectivity index (χ4n) is 2.74. The molecular formula is C24H29N3O3. The number of allylic oxidation sites excluding steroid dienone is 1. The van der Waals surface area contributed by atoms with E-state index in [1.165, 1.54) is 5.56 Å². The lowest BCUT2D eigenvalue weighted by Crippen LogP contribution is -2.30. The molecule has 0 radical (unpaired) electrons. The normalized spacial score (nSPS) is 11.4. The van der Waals surface area contributed by atoms with Gasteiger partial charge in [-0.3, -0.25) is 15.1 Å². The second-order valence-electron chi connectivity index (χ2n) is 6.76. The number of carbonyl (C=O) groups is 2. The Morgan fingerprint density at radius 3 is 2.53 bits per heavy atom. The first-order valence-electron chi connectivity index (χ1n) is 10.0. The lowest BCUT2D eigenvalue weighted by Gasteiger charge is -2.11. The summed E-state index contributed by atoms with van der Waals surface area (Å²) in [6.45, 7) is 4.63. The van der Waals surface area contributed by atoms with Crippen LogP contribution in [-0.4, -0.2) is 31.5 Å². The van der Waals surface area contributed by atoms with Crippen LogP contribution in [0.2, 0.25) is 0 Å². The van der Waals surface area contributed by atoms with Crippen molar-refractivity contribution in [1.29, 1.82) is 0 Å². The molecule has 30 heavy (non-hydrogen) atoms. The number of aryl methyl sites for hydroxylation is 1. The minimum absolute atomic E-state index is 0.152. The fraction of sp³-hybridized carbons (Fsp3) is 0.292. The van der Waals surface area contributed by atoms with Crippen LogP contribution < -0.4 is 10.6 Å². The Kier molecular flexibility index (Phi) is 9.31. The van der Waals surface area contributed by atoms with E-state index in [9.17, 15) is 9.59 Å². The Balaban J connectivity index is 1.88. The molecule has 0 heterocycles. The summed E-state index contributed by atoms with van der Waals surface area (Å²) in [6, 6.07) is 15.4. The first-order chi connectivity index (χ1) is 14.5. The van der Waals surface area contributed by atoms with Crippen molar-refractivity contribution >= 4 is 17.8 Å². The standard InChI is InChI=1S/C24H29N3O3/c1-4-5-10-22(25-3)27-24(29)30-16-15-20-8-6-7-9-21(20)23(28)26-17-19-13-11-18(2)12-14-19/h5-14H,4,15-17H2,1-3H3,(H,26,28)(H,25,27,29)/b10-5-. The Hall–Kier alpha value is -3.41. The molecule has 6 heteroatoms. The molecule has 2 aromatic carbocycles. The van der Waals surface area contributed by atoms with Crippen LogP contribution in [0.25, 0.3) is 0 Å². The summed E-state index contributed by atoms with van der Waals surface area (Å²) in [4.78, 5) is 28.6. The molecule has 0 aliphatic carbocycles. The highest BCUT2D eigenvalue weighted by Crippen LogP contribution is 2.11. The van der Waals surface area contributed by atoms with Gasteiger partial charge in [-0.25, -0.2) is 4.79 Å². The number of amidine groups is 1. The van der Waals surface area contributed by atoms with E-state index in [0.717, 1.165) is 17.5 Å². The van der Waals surface area contributed by atoms with Gasteiger partial charge in [0.25, 0.3) is 5.91 Å². The van der Waals surface area contributed by atoms with E-state index in [2.05, 4.69) is 15.6 Å². The molecule has 0 unspecified atom stereocenters. The van der Waals surface area contributed by atoms with Crippen molar-refractivity contribution in [2.45, 2.75) is 33.2 Å². The van der Waals surface area contributed by atoms with Crippen molar-refractivity contribution in [2.75, 3.05) is 13.7 Å². The second kappa shape index (κ2) is 12.2. The third kappa shape index (κ3) is 7.54. The van der Waals surface area contributed by atoms with Crippen molar-refractivity contribution in [1.82, 2.24) is 10.6 Å². The highest BCUT2D eigenvalue weighted by Gasteiger charge is 2.12. The van der Waals surface area contributed by atoms with Gasteiger partial charge in [-0.2, -0.15) is 0 Å². The predicted octanol–water partition coefficient (Wildman–Crippen LogP) is 4.19. The molecule has 0 bridgehead atoms. The average Bonchev–Trinajstić information content (AvgIpc) is 2.76. The minimum atomic E-state index is -0.572. The van der Waals surface area contributed by atoms with Gasteiger partial charge in [-0.05, 0) is 36.6 Å². The number of amides is 2. The molecule has 0 saturated heterocycles. The summed E-state index contributed by atoms with van der Waals surface area (Å²) in [5.74, 6) is 0.290. The van der Waals surface area contributed by atoms with Crippen LogP contribution in [0.3, 0.4) is 0 Å². The molecule has 0 aliphatic heterocycles. The Morgan fingerprint density at radius 2 is 1.83 bits per heavy atom. The SMILES string of the molecule is CC/C=C\C(=NC)NC(=O)OCCc1ccccc1C(=O)NCc1ccc(C)cc1. The smallest absolute Gasteiger partial charge is 0.412 e. The highest BCUT2D eigenvalue weighted by atomic mass is 16.5. The van der Waals surface area contributed by atoms with Gasteiger partial charge in [0, 0.05) is 25.6 Å². The zero-order chi connectivity index (χ0) is 21.8. The Labute approximate surface area is 178 Å². The van der Waals surface area contributed by atoms with Gasteiger partial charge >= 0.3 is 6.09 Å². The van der Waals surface area contributed by atoms with Gasteiger partial charge in [-0.15, -0.1) is 0 Å². The van der Waals surface area contributed by atoms with E-state index in [1.54, 1.807) is 19.2 Å². The zero-order valence-corrected chi connectivity index (χ0v) is 17.8. The van der Waals surface area contributed by atoms with Crippen LogP contribution in [0.4, 0.5) is 4.79 Å². The average molecular weight is 408 g/mol. The molecule has 0 fully saturated rings. The summed E-state index contributed by atoms with van der Waals surface area (Å²) in [5, 5.41) is 5.54. The van der Waals surface area contributed by atoms with Gasteiger partial charge in [0.05, 0.1) is 6.61 Å². The summed E-state index contributed by atoms with van der Waals surface area (Å²) in [5.41, 5.74) is 3.62. The van der Waals surface area contributed by atoms with Crippen LogP contribution in [-0.2, 0) is 17.7 Å². The van der Waals surface area contributed by atoms with Crippen molar-refractivity contribution < 1.29 is 14.3 Å². The molecule has 0 spiro atoms. The number of hydrogen-bond donors (Lipinski definition) is 2. The molecule has 2 amide bonds. The molecule has 0 aliphatic rings. The monoisotopic (exact) mass is 407 g/mol. The third-order valence-electron chi connectivity index (χ3n) is 4.42. The molecule has 0 saturated carbocycles. The summed E-state index contributed by atoms with van der Waals surface area (Å²) in [6.07, 6.45) is 4.34. The number of aliphatic imine (C=N–C) groups is 1. The van der Waals surface area contributed by atoms with Gasteiger partial charge in [0.2, 0.25) is 0 Å². The lowest BCUT2D eigenvalue weighted by atomic mass is 10.0. The molecule has 6 nitrogen and oxygen atoms in total. The van der Waals surface area contributed by atoms with E-state index in [0.29, 0.717) is 24.4 Å². The summed E-state index contributed by atoms with van der Waals surface area (Å²) >= 11 is 0. The van der Waals surface area contributed by atoms with Crippen molar-refractivity contribution in [3.63, 3.8) is 0 Å². The Bertz CT molecular complexity index is 902. The minimum Gasteiger partial charge on any atom is -0.449 e. The first kappa shape index (κ1) is 22.9. The third-order valence-corrected chi connectivity index (χ3v) is 4.42. The van der Waals surface area contributed by atoms with E-state index in [1.807, 2.05) is 62.4 Å². The summed E-state index contributed by atoms with van der Waals surface area (Å²) < 4.78 is 5.24. The van der Waals surface area contributed by atoms with Crippen molar-refractivity contribution in [3.05, 3.63) is 82.9 Å². The van der Waals surface area contributed by atoms with Crippen LogP contribution in [0.15, 0.2) is 65.7 Å². The van der Waals surface area contributed by atoms with E-state index < -0.39 is 6.09 Å². The number of rotatable bonds is 8. The largest absolute Gasteiger partial charge is 0.449 e. The quantitative estimate of drug-likeness (QED) is 0.509. The number of nitrogens with one attached hydrogen (secondary N) is 2. The Morgan fingerprint density at radius 1 is 1.10 bits per heavy atom. The number of carbonyl (C=O) groups excluding carboxylic acids is 2. The van der Waals surface area contributed by atoms with Gasteiger partial charge in [0.15, 0.2) is 0 Å². The van der Waals surface area contributed by atoms with Crippen LogP contribution in [0.1, 0.15) is 40.4 Å². The molecule has 2 aromatic rings. The molecular weight excluding hydrogens is 378 g/mol. The molecule has 2 rings (SSSR count). The van der Waals surface area contributed by atoms with E-state index in [-0.39, 0.29) is 12.5 Å². The van der Waals surface area contributed by atoms with Gasteiger partial charge < -0.3 is 10.1 Å². The van der Waals surface area contributed by atoms with Crippen LogP contribution in [0, 0.1) is 6.92 Å². The van der Waals surface area contributed by atoms with Crippen molar-refractivity contribution in [2.24, 2.45) is 4.99 Å². The number of alkyl carbamates (subject to hydrolysis) is 1. The fourth-order valence-corrected chi connectivity index (χ4v) is 2.74. The second-order valence-corrected chi connectivity index (χ2v) is 6.76. The molecule has 0 atom stereocenters. The van der Waals surface area contributed by atoms with Crippen molar-refractivity contribution in [3.8, 4) is 0 Å². The van der Waals surface area contributed by atoms with Gasteiger partial charge in [-0.1, -0.05) is 61.0 Å². The topological polar surface area (TPSA) is 79.8 Å². The lowest BCUT2D eigenvalue weighted by molar-refractivity contribution is 0.0949. The van der Waals surface area contributed by atoms with E-state index in [4.69, 9.17) is 4.74 Å². The molecule has 158 valence electrons. The maximum Gasteiger partial charge on any atom is 0.412 e. The number of ether oxygens (including phenoxy) is 1. The maximum absolute atomic E-state index is 12.6. The van der Waals surface area contributed by atoms with E-state index >= 15 is 0 Å².